The number of nitrogens with zero attached hydrogens (tertiary/aromatic N) is 1. The van der Waals surface area contributed by atoms with Crippen LogP contribution in [0, 0.1) is 0 Å². The predicted molar refractivity (Wildman–Crippen MR) is 142 cm³/mol. The molecular weight excluding hydrogens is 420 g/mol. The van der Waals surface area contributed by atoms with Crippen LogP contribution in [0.5, 0.6) is 11.5 Å². The number of methoxy groups -OCH3 is 1. The van der Waals surface area contributed by atoms with Gasteiger partial charge in [0.05, 0.1) is 12.8 Å². The Hall–Kier alpha value is -2.98. The number of likely N-dealkylation sites (N-methyl/N-ethyl adjacent to an activating group) is 1. The molecule has 0 saturated carbocycles. The van der Waals surface area contributed by atoms with Crippen LogP contribution in [0.1, 0.15) is 54.0 Å². The zero-order valence-corrected chi connectivity index (χ0v) is 20.9. The second-order valence-electron chi connectivity index (χ2n) is 9.56. The maximum absolute atomic E-state index is 10.9. The quantitative estimate of drug-likeness (QED) is 0.386. The summed E-state index contributed by atoms with van der Waals surface area (Å²) in [6.45, 7) is 4.42. The van der Waals surface area contributed by atoms with Gasteiger partial charge < -0.3 is 20.5 Å². The summed E-state index contributed by atoms with van der Waals surface area (Å²) in [5.74, 6) is 1.01. The number of ether oxygens (including phenoxy) is 1. The van der Waals surface area contributed by atoms with Crippen molar-refractivity contribution in [2.45, 2.75) is 51.9 Å². The fourth-order valence-electron chi connectivity index (χ4n) is 5.20. The van der Waals surface area contributed by atoms with Gasteiger partial charge in [0.2, 0.25) is 0 Å². The maximum atomic E-state index is 10.9. The summed E-state index contributed by atoms with van der Waals surface area (Å²) in [6, 6.07) is 16.8. The zero-order chi connectivity index (χ0) is 24.1. The van der Waals surface area contributed by atoms with Crippen LogP contribution in [0.4, 0.5) is 5.69 Å². The minimum atomic E-state index is 0.331. The van der Waals surface area contributed by atoms with Gasteiger partial charge >= 0.3 is 0 Å². The number of aromatic hydroxyl groups is 1. The average Bonchev–Trinajstić information content (AvgIpc) is 2.85. The summed E-state index contributed by atoms with van der Waals surface area (Å²) in [7, 11) is 3.84. The molecular formula is C30H38N2O2. The van der Waals surface area contributed by atoms with E-state index in [9.17, 15) is 5.11 Å². The number of aryl methyl sites for hydroxylation is 1. The highest BCUT2D eigenvalue weighted by Crippen LogP contribution is 2.43. The van der Waals surface area contributed by atoms with Crippen molar-refractivity contribution in [3.05, 3.63) is 76.3 Å². The van der Waals surface area contributed by atoms with Crippen LogP contribution in [0.25, 0.3) is 11.1 Å². The van der Waals surface area contributed by atoms with Gasteiger partial charge in [-0.1, -0.05) is 43.3 Å². The fraction of sp³-hybridized carbons (Fsp3) is 0.400. The van der Waals surface area contributed by atoms with E-state index in [1.807, 2.05) is 12.1 Å². The Morgan fingerprint density at radius 2 is 1.68 bits per heavy atom. The van der Waals surface area contributed by atoms with Crippen LogP contribution < -0.4 is 10.5 Å². The van der Waals surface area contributed by atoms with Gasteiger partial charge in [-0.2, -0.15) is 0 Å². The van der Waals surface area contributed by atoms with E-state index in [4.69, 9.17) is 10.5 Å². The Balaban J connectivity index is 1.67. The third-order valence-corrected chi connectivity index (χ3v) is 7.11. The van der Waals surface area contributed by atoms with Crippen LogP contribution in [-0.4, -0.2) is 37.3 Å². The molecule has 4 rings (SSSR count). The first-order valence-corrected chi connectivity index (χ1v) is 12.6. The van der Waals surface area contributed by atoms with Crippen molar-refractivity contribution in [3.63, 3.8) is 0 Å². The van der Waals surface area contributed by atoms with Crippen molar-refractivity contribution >= 4 is 5.69 Å². The summed E-state index contributed by atoms with van der Waals surface area (Å²) in [4.78, 5) is 2.38. The molecule has 0 atom stereocenters. The predicted octanol–water partition coefficient (Wildman–Crippen LogP) is 6.00. The smallest absolute Gasteiger partial charge is 0.142 e. The van der Waals surface area contributed by atoms with Crippen molar-refractivity contribution < 1.29 is 9.84 Å². The number of rotatable bonds is 9. The lowest BCUT2D eigenvalue weighted by Gasteiger charge is -2.23. The molecule has 0 amide bonds. The van der Waals surface area contributed by atoms with Crippen LogP contribution in [-0.2, 0) is 25.7 Å². The molecule has 180 valence electrons. The van der Waals surface area contributed by atoms with E-state index in [0.717, 1.165) is 55.5 Å². The number of nitrogen functional groups attached to an aromatic ring is 1. The molecule has 0 radical (unpaired) electrons. The molecule has 1 aliphatic rings. The molecule has 1 aliphatic carbocycles. The van der Waals surface area contributed by atoms with Crippen LogP contribution in [0.2, 0.25) is 0 Å². The number of phenolic OH excluding ortho intramolecular Hbond substituents is 1. The third kappa shape index (κ3) is 5.23. The standard InChI is InChI=1S/C30H38N2O2/c1-4-18-32(2)19-17-21-9-11-22(12-10-21)20-26-25(14-16-28(34-3)30(26)31)29-24-8-6-5-7-23(24)13-15-27(29)33/h9-16,33H,4-8,17-20,31H2,1-3H3. The number of hydrogen-bond donors (Lipinski definition) is 2. The Bertz CT molecular complexity index is 1120. The number of fused-ring (bicyclic) bond motifs is 1. The highest BCUT2D eigenvalue weighted by Gasteiger charge is 2.22. The average molecular weight is 459 g/mol. The van der Waals surface area contributed by atoms with Gasteiger partial charge in [-0.15, -0.1) is 0 Å². The first-order valence-electron chi connectivity index (χ1n) is 12.6. The number of nitrogens with two attached hydrogens (primary N) is 1. The molecule has 0 spiro atoms. The minimum Gasteiger partial charge on any atom is -0.507 e. The molecule has 3 aromatic rings. The lowest BCUT2D eigenvalue weighted by Crippen LogP contribution is -2.21. The molecule has 0 aliphatic heterocycles. The van der Waals surface area contributed by atoms with E-state index in [0.29, 0.717) is 23.6 Å². The molecule has 3 N–H and O–H groups in total. The van der Waals surface area contributed by atoms with Crippen molar-refractivity contribution in [3.8, 4) is 22.6 Å². The maximum Gasteiger partial charge on any atom is 0.142 e. The number of phenols is 1. The second-order valence-corrected chi connectivity index (χ2v) is 9.56. The molecule has 0 saturated heterocycles. The largest absolute Gasteiger partial charge is 0.507 e. The van der Waals surface area contributed by atoms with E-state index in [-0.39, 0.29) is 0 Å². The summed E-state index contributed by atoms with van der Waals surface area (Å²) >= 11 is 0. The van der Waals surface area contributed by atoms with Crippen LogP contribution in [0.15, 0.2) is 48.5 Å². The van der Waals surface area contributed by atoms with E-state index < -0.39 is 0 Å². The van der Waals surface area contributed by atoms with Crippen molar-refractivity contribution in [1.29, 1.82) is 0 Å². The van der Waals surface area contributed by atoms with E-state index in [2.05, 4.69) is 55.3 Å². The topological polar surface area (TPSA) is 58.7 Å². The van der Waals surface area contributed by atoms with Gasteiger partial charge in [0.15, 0.2) is 0 Å². The van der Waals surface area contributed by atoms with Gasteiger partial charge in [-0.3, -0.25) is 0 Å². The highest BCUT2D eigenvalue weighted by atomic mass is 16.5. The number of hydrogen-bond acceptors (Lipinski definition) is 4. The van der Waals surface area contributed by atoms with Gasteiger partial charge in [0, 0.05) is 18.5 Å². The lowest BCUT2D eigenvalue weighted by molar-refractivity contribution is 0.339. The van der Waals surface area contributed by atoms with E-state index in [1.54, 1.807) is 7.11 Å². The lowest BCUT2D eigenvalue weighted by atomic mass is 9.83. The molecule has 0 heterocycles. The minimum absolute atomic E-state index is 0.331. The Kier molecular flexibility index (Phi) is 7.79. The summed E-state index contributed by atoms with van der Waals surface area (Å²) < 4.78 is 5.56. The normalized spacial score (nSPS) is 13.2. The van der Waals surface area contributed by atoms with Crippen molar-refractivity contribution in [2.75, 3.05) is 33.0 Å². The molecule has 0 unspecified atom stereocenters. The summed E-state index contributed by atoms with van der Waals surface area (Å²) in [6.07, 6.45) is 7.34. The number of benzene rings is 3. The first-order chi connectivity index (χ1) is 16.5. The summed E-state index contributed by atoms with van der Waals surface area (Å²) in [5.41, 5.74) is 15.4. The van der Waals surface area contributed by atoms with Crippen LogP contribution in [0.3, 0.4) is 0 Å². The van der Waals surface area contributed by atoms with Gasteiger partial charge in [-0.25, -0.2) is 0 Å². The van der Waals surface area contributed by atoms with Crippen molar-refractivity contribution in [1.82, 2.24) is 4.90 Å². The molecule has 0 fully saturated rings. The molecule has 34 heavy (non-hydrogen) atoms. The van der Waals surface area contributed by atoms with Gasteiger partial charge in [0.1, 0.15) is 11.5 Å². The van der Waals surface area contributed by atoms with Gasteiger partial charge in [-0.05, 0) is 97.6 Å². The van der Waals surface area contributed by atoms with Crippen LogP contribution >= 0.6 is 0 Å². The number of anilines is 1. The molecule has 3 aromatic carbocycles. The highest BCUT2D eigenvalue weighted by molar-refractivity contribution is 5.83. The summed E-state index contributed by atoms with van der Waals surface area (Å²) in [5, 5.41) is 10.9. The van der Waals surface area contributed by atoms with E-state index >= 15 is 0 Å². The monoisotopic (exact) mass is 458 g/mol. The van der Waals surface area contributed by atoms with Crippen molar-refractivity contribution in [2.24, 2.45) is 0 Å². The molecule has 4 heteroatoms. The Morgan fingerprint density at radius 3 is 2.41 bits per heavy atom. The fourth-order valence-corrected chi connectivity index (χ4v) is 5.20. The SMILES string of the molecule is CCCN(C)CCc1ccc(Cc2c(-c3c(O)ccc4c3CCCC4)ccc(OC)c2N)cc1. The van der Waals surface area contributed by atoms with Gasteiger partial charge in [0.25, 0.3) is 0 Å². The second kappa shape index (κ2) is 11.0. The Labute approximate surface area is 204 Å². The third-order valence-electron chi connectivity index (χ3n) is 7.11. The zero-order valence-electron chi connectivity index (χ0n) is 20.9. The molecule has 4 nitrogen and oxygen atoms in total. The first kappa shape index (κ1) is 24.2. The van der Waals surface area contributed by atoms with E-state index in [1.165, 1.54) is 35.1 Å². The Morgan fingerprint density at radius 1 is 0.941 bits per heavy atom. The molecule has 0 bridgehead atoms. The molecule has 0 aromatic heterocycles.